The second-order valence-electron chi connectivity index (χ2n) is 7.20. The Kier molecular flexibility index (Phi) is 3.69. The van der Waals surface area contributed by atoms with E-state index in [1.165, 1.54) is 17.7 Å². The molecule has 0 saturated heterocycles. The van der Waals surface area contributed by atoms with Crippen LogP contribution in [0.15, 0.2) is 18.2 Å². The van der Waals surface area contributed by atoms with Crippen molar-refractivity contribution in [3.63, 3.8) is 0 Å². The number of fused-ring (bicyclic) bond motifs is 1. The molecular weight excluding hydrogens is 250 g/mol. The average molecular weight is 277 g/mol. The summed E-state index contributed by atoms with van der Waals surface area (Å²) in [6.45, 7) is 14.8. The van der Waals surface area contributed by atoms with Crippen LogP contribution in [0.5, 0.6) is 5.75 Å². The highest BCUT2D eigenvalue weighted by atomic mass is 28.4. The Hall–Kier alpha value is -0.963. The molecule has 1 atom stereocenters. The van der Waals surface area contributed by atoms with Crippen LogP contribution >= 0.6 is 0 Å². The first-order valence-corrected chi connectivity index (χ1v) is 10.2. The number of para-hydroxylation sites is 1. The molecule has 19 heavy (non-hydrogen) atoms. The van der Waals surface area contributed by atoms with Crippen molar-refractivity contribution in [1.29, 1.82) is 0 Å². The molecule has 1 heterocycles. The molecule has 106 valence electrons. The molecule has 0 amide bonds. The number of nitrogens with one attached hydrogen (secondary N) is 1. The maximum absolute atomic E-state index is 6.49. The number of benzene rings is 1. The van der Waals surface area contributed by atoms with Gasteiger partial charge in [0.1, 0.15) is 5.75 Å². The van der Waals surface area contributed by atoms with E-state index in [4.69, 9.17) is 4.43 Å². The molecule has 1 aromatic carbocycles. The third kappa shape index (κ3) is 2.81. The topological polar surface area (TPSA) is 21.3 Å². The van der Waals surface area contributed by atoms with Crippen LogP contribution in [0, 0.1) is 0 Å². The number of hydrogen-bond acceptors (Lipinski definition) is 2. The Labute approximate surface area is 118 Å². The zero-order valence-electron chi connectivity index (χ0n) is 13.1. The van der Waals surface area contributed by atoms with E-state index >= 15 is 0 Å². The van der Waals surface area contributed by atoms with Crippen molar-refractivity contribution in [2.24, 2.45) is 0 Å². The molecule has 0 fully saturated rings. The fraction of sp³-hybridized carbons (Fsp3) is 0.625. The Morgan fingerprint density at radius 2 is 1.95 bits per heavy atom. The Balaban J connectivity index is 2.35. The van der Waals surface area contributed by atoms with Crippen LogP contribution in [-0.2, 0) is 0 Å². The number of hydrogen-bond donors (Lipinski definition) is 1. The monoisotopic (exact) mass is 277 g/mol. The highest BCUT2D eigenvalue weighted by Gasteiger charge is 2.39. The van der Waals surface area contributed by atoms with Gasteiger partial charge in [0, 0.05) is 6.54 Å². The molecule has 1 aliphatic rings. The minimum Gasteiger partial charge on any atom is -0.542 e. The summed E-state index contributed by atoms with van der Waals surface area (Å²) in [5.41, 5.74) is 2.63. The molecule has 2 nitrogen and oxygen atoms in total. The number of anilines is 1. The fourth-order valence-electron chi connectivity index (χ4n) is 2.23. The molecule has 1 aliphatic heterocycles. The van der Waals surface area contributed by atoms with Gasteiger partial charge in [-0.15, -0.1) is 0 Å². The Morgan fingerprint density at radius 3 is 2.58 bits per heavy atom. The molecule has 0 bridgehead atoms. The second-order valence-corrected chi connectivity index (χ2v) is 11.9. The first-order chi connectivity index (χ1) is 8.72. The molecule has 0 saturated carbocycles. The van der Waals surface area contributed by atoms with E-state index in [9.17, 15) is 0 Å². The van der Waals surface area contributed by atoms with Crippen molar-refractivity contribution in [1.82, 2.24) is 0 Å². The largest absolute Gasteiger partial charge is 0.542 e. The maximum atomic E-state index is 6.49. The second kappa shape index (κ2) is 4.86. The molecule has 0 radical (unpaired) electrons. The van der Waals surface area contributed by atoms with Crippen LogP contribution in [0.25, 0.3) is 0 Å². The quantitative estimate of drug-likeness (QED) is 0.769. The average Bonchev–Trinajstić information content (AvgIpc) is 2.28. The minimum absolute atomic E-state index is 0.232. The highest BCUT2D eigenvalue weighted by Crippen LogP contribution is 2.42. The smallest absolute Gasteiger partial charge is 0.250 e. The van der Waals surface area contributed by atoms with Gasteiger partial charge in [-0.3, -0.25) is 0 Å². The van der Waals surface area contributed by atoms with Gasteiger partial charge in [0.15, 0.2) is 0 Å². The summed E-state index contributed by atoms with van der Waals surface area (Å²) in [7, 11) is -1.77. The van der Waals surface area contributed by atoms with Crippen molar-refractivity contribution in [3.05, 3.63) is 23.8 Å². The van der Waals surface area contributed by atoms with Crippen molar-refractivity contribution < 1.29 is 4.43 Å². The van der Waals surface area contributed by atoms with Crippen molar-refractivity contribution in [2.75, 3.05) is 11.9 Å². The van der Waals surface area contributed by atoms with Crippen LogP contribution in [0.1, 0.15) is 45.6 Å². The van der Waals surface area contributed by atoms with Crippen LogP contribution < -0.4 is 9.74 Å². The Bertz CT molecular complexity index is 462. The third-order valence-corrected chi connectivity index (χ3v) is 8.98. The van der Waals surface area contributed by atoms with Crippen molar-refractivity contribution in [3.8, 4) is 5.75 Å². The van der Waals surface area contributed by atoms with Crippen LogP contribution in [-0.4, -0.2) is 14.9 Å². The molecule has 1 aromatic rings. The first-order valence-electron chi connectivity index (χ1n) is 7.28. The van der Waals surface area contributed by atoms with Crippen LogP contribution in [0.3, 0.4) is 0 Å². The van der Waals surface area contributed by atoms with Gasteiger partial charge < -0.3 is 9.74 Å². The molecule has 3 heteroatoms. The molecule has 1 N–H and O–H groups in total. The van der Waals surface area contributed by atoms with Gasteiger partial charge in [0.2, 0.25) is 0 Å². The lowest BCUT2D eigenvalue weighted by Gasteiger charge is -2.38. The standard InChI is InChI=1S/C16H27NOSi/c1-12-10-11-17-15-13(12)8-7-9-14(15)18-19(5,6)16(2,3)4/h7-9,12,17H,10-11H2,1-6H3. The Morgan fingerprint density at radius 1 is 1.26 bits per heavy atom. The lowest BCUT2D eigenvalue weighted by atomic mass is 9.92. The zero-order valence-corrected chi connectivity index (χ0v) is 14.1. The normalized spacial score (nSPS) is 19.6. The lowest BCUT2D eigenvalue weighted by Crippen LogP contribution is -2.44. The van der Waals surface area contributed by atoms with E-state index in [-0.39, 0.29) is 5.04 Å². The SMILES string of the molecule is CC1CCNc2c(O[Si](C)(C)C(C)(C)C)cccc21. The first kappa shape index (κ1) is 14.4. The summed E-state index contributed by atoms with van der Waals surface area (Å²) in [6.07, 6.45) is 1.20. The summed E-state index contributed by atoms with van der Waals surface area (Å²) in [6, 6.07) is 6.47. The third-order valence-electron chi connectivity index (χ3n) is 4.64. The van der Waals surface area contributed by atoms with Gasteiger partial charge in [0.05, 0.1) is 5.69 Å². The fourth-order valence-corrected chi connectivity index (χ4v) is 3.26. The predicted molar refractivity (Wildman–Crippen MR) is 85.8 cm³/mol. The molecular formula is C16H27NOSi. The van der Waals surface area contributed by atoms with E-state index in [1.807, 2.05) is 0 Å². The van der Waals surface area contributed by atoms with Gasteiger partial charge in [-0.05, 0) is 42.1 Å². The number of rotatable bonds is 2. The lowest BCUT2D eigenvalue weighted by molar-refractivity contribution is 0.491. The molecule has 1 unspecified atom stereocenters. The van der Waals surface area contributed by atoms with Gasteiger partial charge in [-0.25, -0.2) is 0 Å². The summed E-state index contributed by atoms with van der Waals surface area (Å²) < 4.78 is 6.49. The van der Waals surface area contributed by atoms with Gasteiger partial charge in [0.25, 0.3) is 8.32 Å². The van der Waals surface area contributed by atoms with E-state index in [2.05, 4.69) is 64.3 Å². The molecule has 0 spiro atoms. The van der Waals surface area contributed by atoms with Gasteiger partial charge in [-0.2, -0.15) is 0 Å². The van der Waals surface area contributed by atoms with Gasteiger partial charge >= 0.3 is 0 Å². The van der Waals surface area contributed by atoms with E-state index in [1.54, 1.807) is 0 Å². The molecule has 2 rings (SSSR count). The molecule has 0 aliphatic carbocycles. The summed E-state index contributed by atoms with van der Waals surface area (Å²) in [5, 5.41) is 3.77. The van der Waals surface area contributed by atoms with E-state index < -0.39 is 8.32 Å². The molecule has 0 aromatic heterocycles. The summed E-state index contributed by atoms with van der Waals surface area (Å²) >= 11 is 0. The van der Waals surface area contributed by atoms with Crippen molar-refractivity contribution >= 4 is 14.0 Å². The minimum atomic E-state index is -1.77. The summed E-state index contributed by atoms with van der Waals surface area (Å²) in [5.74, 6) is 1.68. The van der Waals surface area contributed by atoms with Crippen molar-refractivity contribution in [2.45, 2.75) is 58.2 Å². The van der Waals surface area contributed by atoms with Gasteiger partial charge in [-0.1, -0.05) is 39.8 Å². The maximum Gasteiger partial charge on any atom is 0.250 e. The van der Waals surface area contributed by atoms with Crippen LogP contribution in [0.4, 0.5) is 5.69 Å². The predicted octanol–water partition coefficient (Wildman–Crippen LogP) is 4.99. The van der Waals surface area contributed by atoms with Crippen LogP contribution in [0.2, 0.25) is 18.1 Å². The summed E-state index contributed by atoms with van der Waals surface area (Å²) in [4.78, 5) is 0. The zero-order chi connectivity index (χ0) is 14.3. The highest BCUT2D eigenvalue weighted by molar-refractivity contribution is 6.74. The van der Waals surface area contributed by atoms with E-state index in [0.29, 0.717) is 5.92 Å². The van der Waals surface area contributed by atoms with E-state index in [0.717, 1.165) is 12.3 Å².